The fourth-order valence-electron chi connectivity index (χ4n) is 4.08. The molecule has 0 amide bonds. The Morgan fingerprint density at radius 3 is 2.66 bits per heavy atom. The van der Waals surface area contributed by atoms with Gasteiger partial charge in [0.15, 0.2) is 0 Å². The number of likely N-dealkylation sites (tertiary alicyclic amines) is 1. The molecule has 1 atom stereocenters. The predicted octanol–water partition coefficient (Wildman–Crippen LogP) is 5.05. The number of hydrogen-bond acceptors (Lipinski definition) is 4. The zero-order chi connectivity index (χ0) is 20.4. The minimum atomic E-state index is -0.0681. The summed E-state index contributed by atoms with van der Waals surface area (Å²) in [6.45, 7) is 8.55. The van der Waals surface area contributed by atoms with Gasteiger partial charge in [-0.3, -0.25) is 14.6 Å². The second-order valence-electron chi connectivity index (χ2n) is 8.76. The van der Waals surface area contributed by atoms with Gasteiger partial charge in [-0.2, -0.15) is 5.10 Å². The average Bonchev–Trinajstić information content (AvgIpc) is 3.36. The van der Waals surface area contributed by atoms with E-state index in [1.807, 2.05) is 24.5 Å². The lowest BCUT2D eigenvalue weighted by Crippen LogP contribution is -2.23. The van der Waals surface area contributed by atoms with Crippen molar-refractivity contribution in [2.24, 2.45) is 0 Å². The highest BCUT2D eigenvalue weighted by molar-refractivity contribution is 5.64. The number of aromatic nitrogens is 3. The molecule has 0 N–H and O–H groups in total. The minimum absolute atomic E-state index is 0.0681. The van der Waals surface area contributed by atoms with Crippen molar-refractivity contribution in [1.82, 2.24) is 19.7 Å². The lowest BCUT2D eigenvalue weighted by molar-refractivity contribution is 0.248. The summed E-state index contributed by atoms with van der Waals surface area (Å²) in [5.74, 6) is 0.856. The van der Waals surface area contributed by atoms with E-state index >= 15 is 0 Å². The summed E-state index contributed by atoms with van der Waals surface area (Å²) in [4.78, 5) is 6.76. The Morgan fingerprint density at radius 2 is 1.93 bits per heavy atom. The summed E-state index contributed by atoms with van der Waals surface area (Å²) in [7, 11) is 1.71. The highest BCUT2D eigenvalue weighted by Crippen LogP contribution is 2.35. The molecule has 1 saturated heterocycles. The summed E-state index contributed by atoms with van der Waals surface area (Å²) in [5, 5.41) is 4.99. The van der Waals surface area contributed by atoms with E-state index in [0.29, 0.717) is 6.04 Å². The zero-order valence-electron chi connectivity index (χ0n) is 17.8. The molecule has 152 valence electrons. The maximum atomic E-state index is 5.45. The lowest BCUT2D eigenvalue weighted by Gasteiger charge is -2.24. The fraction of sp³-hybridized carbons (Fsp3) is 0.417. The Kier molecular flexibility index (Phi) is 5.41. The summed E-state index contributed by atoms with van der Waals surface area (Å²) in [6.07, 6.45) is 8.41. The van der Waals surface area contributed by atoms with Gasteiger partial charge in [-0.1, -0.05) is 12.1 Å². The standard InChI is InChI=1S/C24H30N4O/c1-24(2,3)28-17-20(23(26-28)19-7-5-8-21(15-19)29-4)16-27-14-6-9-22(27)18-10-12-25-13-11-18/h5,7-8,10-13,15,17,22H,6,9,14,16H2,1-4H3. The van der Waals surface area contributed by atoms with Crippen LogP contribution >= 0.6 is 0 Å². The van der Waals surface area contributed by atoms with E-state index < -0.39 is 0 Å². The molecule has 1 fully saturated rings. The van der Waals surface area contributed by atoms with Crippen LogP contribution in [0.4, 0.5) is 0 Å². The second kappa shape index (κ2) is 7.99. The monoisotopic (exact) mass is 390 g/mol. The molecule has 1 aliphatic heterocycles. The van der Waals surface area contributed by atoms with Gasteiger partial charge in [0.25, 0.3) is 0 Å². The van der Waals surface area contributed by atoms with Crippen molar-refractivity contribution >= 4 is 0 Å². The minimum Gasteiger partial charge on any atom is -0.497 e. The molecule has 5 nitrogen and oxygen atoms in total. The van der Waals surface area contributed by atoms with Crippen molar-refractivity contribution in [3.8, 4) is 17.0 Å². The second-order valence-corrected chi connectivity index (χ2v) is 8.76. The quantitative estimate of drug-likeness (QED) is 0.612. The number of pyridine rings is 1. The highest BCUT2D eigenvalue weighted by Gasteiger charge is 2.28. The van der Waals surface area contributed by atoms with Crippen molar-refractivity contribution in [3.05, 3.63) is 66.1 Å². The van der Waals surface area contributed by atoms with E-state index in [1.54, 1.807) is 7.11 Å². The van der Waals surface area contributed by atoms with Gasteiger partial charge >= 0.3 is 0 Å². The first-order chi connectivity index (χ1) is 14.0. The smallest absolute Gasteiger partial charge is 0.119 e. The number of nitrogens with zero attached hydrogens (tertiary/aromatic N) is 4. The van der Waals surface area contributed by atoms with Gasteiger partial charge in [-0.15, -0.1) is 0 Å². The SMILES string of the molecule is COc1cccc(-c2nn(C(C)(C)C)cc2CN2CCCC2c2ccncc2)c1. The van der Waals surface area contributed by atoms with Crippen LogP contribution in [0.1, 0.15) is 50.8 Å². The fourth-order valence-corrected chi connectivity index (χ4v) is 4.08. The maximum Gasteiger partial charge on any atom is 0.119 e. The van der Waals surface area contributed by atoms with E-state index in [1.165, 1.54) is 24.0 Å². The Labute approximate surface area is 173 Å². The van der Waals surface area contributed by atoms with Crippen LogP contribution in [0.5, 0.6) is 5.75 Å². The molecule has 5 heteroatoms. The third-order valence-corrected chi connectivity index (χ3v) is 5.65. The Bertz CT molecular complexity index is 959. The molecule has 1 aliphatic rings. The Balaban J connectivity index is 1.69. The average molecular weight is 391 g/mol. The number of benzene rings is 1. The van der Waals surface area contributed by atoms with Gasteiger partial charge in [-0.05, 0) is 70.0 Å². The first-order valence-corrected chi connectivity index (χ1v) is 10.3. The molecule has 3 heterocycles. The Morgan fingerprint density at radius 1 is 1.14 bits per heavy atom. The van der Waals surface area contributed by atoms with Gasteiger partial charge in [0.05, 0.1) is 18.3 Å². The molecular weight excluding hydrogens is 360 g/mol. The molecule has 0 saturated carbocycles. The summed E-state index contributed by atoms with van der Waals surface area (Å²) < 4.78 is 7.54. The maximum absolute atomic E-state index is 5.45. The summed E-state index contributed by atoms with van der Waals surface area (Å²) >= 11 is 0. The zero-order valence-corrected chi connectivity index (χ0v) is 17.8. The first-order valence-electron chi connectivity index (χ1n) is 10.3. The first kappa shape index (κ1) is 19.6. The van der Waals surface area contributed by atoms with Crippen LogP contribution in [-0.4, -0.2) is 33.3 Å². The van der Waals surface area contributed by atoms with Crippen LogP contribution in [0.25, 0.3) is 11.3 Å². The molecule has 0 aliphatic carbocycles. The van der Waals surface area contributed by atoms with Crippen molar-refractivity contribution in [1.29, 1.82) is 0 Å². The molecule has 29 heavy (non-hydrogen) atoms. The summed E-state index contributed by atoms with van der Waals surface area (Å²) in [6, 6.07) is 12.9. The van der Waals surface area contributed by atoms with Gasteiger partial charge in [0, 0.05) is 42.3 Å². The number of hydrogen-bond donors (Lipinski definition) is 0. The molecule has 0 spiro atoms. The van der Waals surface area contributed by atoms with Gasteiger partial charge in [-0.25, -0.2) is 0 Å². The highest BCUT2D eigenvalue weighted by atomic mass is 16.5. The molecule has 1 unspecified atom stereocenters. The lowest BCUT2D eigenvalue weighted by atomic mass is 10.0. The van der Waals surface area contributed by atoms with Crippen LogP contribution in [0.15, 0.2) is 55.0 Å². The van der Waals surface area contributed by atoms with Gasteiger partial charge in [0.2, 0.25) is 0 Å². The molecule has 4 rings (SSSR count). The molecule has 2 aromatic heterocycles. The van der Waals surface area contributed by atoms with Crippen LogP contribution < -0.4 is 4.74 Å². The molecule has 3 aromatic rings. The van der Waals surface area contributed by atoms with E-state index in [0.717, 1.165) is 30.1 Å². The van der Waals surface area contributed by atoms with Crippen LogP contribution in [0, 0.1) is 0 Å². The Hall–Kier alpha value is -2.66. The molecule has 0 bridgehead atoms. The van der Waals surface area contributed by atoms with E-state index in [9.17, 15) is 0 Å². The number of rotatable bonds is 5. The molecule has 1 aromatic carbocycles. The third-order valence-electron chi connectivity index (χ3n) is 5.65. The normalized spacial score (nSPS) is 17.6. The van der Waals surface area contributed by atoms with Gasteiger partial charge in [0.1, 0.15) is 5.75 Å². The van der Waals surface area contributed by atoms with Crippen molar-refractivity contribution < 1.29 is 4.74 Å². The molecular formula is C24H30N4O. The van der Waals surface area contributed by atoms with E-state index in [2.05, 4.69) is 65.8 Å². The van der Waals surface area contributed by atoms with Crippen LogP contribution in [0.3, 0.4) is 0 Å². The van der Waals surface area contributed by atoms with Crippen LogP contribution in [-0.2, 0) is 12.1 Å². The van der Waals surface area contributed by atoms with E-state index in [-0.39, 0.29) is 5.54 Å². The molecule has 0 radical (unpaired) electrons. The summed E-state index contributed by atoms with van der Waals surface area (Å²) in [5.41, 5.74) is 4.68. The van der Waals surface area contributed by atoms with Gasteiger partial charge < -0.3 is 4.74 Å². The van der Waals surface area contributed by atoms with Crippen molar-refractivity contribution in [3.63, 3.8) is 0 Å². The van der Waals surface area contributed by atoms with Crippen molar-refractivity contribution in [2.45, 2.75) is 51.7 Å². The third kappa shape index (κ3) is 4.20. The largest absolute Gasteiger partial charge is 0.497 e. The number of ether oxygens (including phenoxy) is 1. The topological polar surface area (TPSA) is 43.2 Å². The number of methoxy groups -OCH3 is 1. The predicted molar refractivity (Wildman–Crippen MR) is 116 cm³/mol. The van der Waals surface area contributed by atoms with Crippen molar-refractivity contribution in [2.75, 3.05) is 13.7 Å². The van der Waals surface area contributed by atoms with E-state index in [4.69, 9.17) is 9.84 Å². The van der Waals surface area contributed by atoms with Crippen LogP contribution in [0.2, 0.25) is 0 Å².